The minimum Gasteiger partial charge on any atom is -0.382 e. The molecule has 0 radical (unpaired) electrons. The summed E-state index contributed by atoms with van der Waals surface area (Å²) in [6.45, 7) is 9.60. The number of hydrogen-bond acceptors (Lipinski definition) is 4. The Morgan fingerprint density at radius 3 is 2.29 bits per heavy atom. The minimum atomic E-state index is 0.116. The van der Waals surface area contributed by atoms with E-state index in [1.807, 2.05) is 30.9 Å². The van der Waals surface area contributed by atoms with E-state index in [0.717, 1.165) is 44.8 Å². The van der Waals surface area contributed by atoms with Crippen molar-refractivity contribution >= 4 is 11.6 Å². The maximum Gasteiger partial charge on any atom is 0.253 e. The van der Waals surface area contributed by atoms with Gasteiger partial charge in [0.1, 0.15) is 0 Å². The van der Waals surface area contributed by atoms with Crippen LogP contribution in [0.3, 0.4) is 0 Å². The number of nitrogens with zero attached hydrogens (tertiary/aromatic N) is 2. The van der Waals surface area contributed by atoms with Crippen molar-refractivity contribution in [3.63, 3.8) is 0 Å². The number of piperazine rings is 1. The molecule has 1 heterocycles. The SMILES string of the molecule is CCN(CC)C(=O)c1ccc([C@H](c2cccc(NC3CCCCCC3)c2)N2CCNCC2)cc1. The normalized spacial score (nSPS) is 18.8. The van der Waals surface area contributed by atoms with Crippen molar-refractivity contribution in [2.45, 2.75) is 64.5 Å². The third-order valence-electron chi connectivity index (χ3n) is 7.47. The fourth-order valence-electron chi connectivity index (χ4n) is 5.51. The molecular weight excluding hydrogens is 420 g/mol. The Morgan fingerprint density at radius 2 is 1.65 bits per heavy atom. The van der Waals surface area contributed by atoms with Crippen molar-refractivity contribution in [1.29, 1.82) is 0 Å². The number of benzene rings is 2. The average Bonchev–Trinajstić information content (AvgIpc) is 3.15. The molecule has 34 heavy (non-hydrogen) atoms. The van der Waals surface area contributed by atoms with Crippen molar-refractivity contribution in [2.24, 2.45) is 0 Å². The first kappa shape index (κ1) is 24.7. The summed E-state index contributed by atoms with van der Waals surface area (Å²) < 4.78 is 0. The van der Waals surface area contributed by atoms with Crippen LogP contribution in [0.5, 0.6) is 0 Å². The standard InChI is InChI=1S/C29H42N4O/c1-3-32(4-2)29(34)24-16-14-23(15-17-24)28(33-20-18-30-19-21-33)25-10-9-13-27(22-25)31-26-11-7-5-6-8-12-26/h9-10,13-17,22,26,28,30-31H,3-8,11-12,18-21H2,1-2H3/t28-/m1/s1. The molecule has 184 valence electrons. The molecule has 5 heteroatoms. The molecule has 0 bridgehead atoms. The monoisotopic (exact) mass is 462 g/mol. The van der Waals surface area contributed by atoms with Gasteiger partial charge in [0.25, 0.3) is 5.91 Å². The van der Waals surface area contributed by atoms with E-state index in [0.29, 0.717) is 6.04 Å². The highest BCUT2D eigenvalue weighted by Crippen LogP contribution is 2.32. The van der Waals surface area contributed by atoms with Crippen molar-refractivity contribution in [2.75, 3.05) is 44.6 Å². The molecule has 4 rings (SSSR count). The Labute approximate surface area is 205 Å². The van der Waals surface area contributed by atoms with E-state index in [2.05, 4.69) is 51.9 Å². The van der Waals surface area contributed by atoms with Gasteiger partial charge in [-0.25, -0.2) is 0 Å². The van der Waals surface area contributed by atoms with Gasteiger partial charge in [0, 0.05) is 56.6 Å². The lowest BCUT2D eigenvalue weighted by atomic mass is 9.94. The fourth-order valence-corrected chi connectivity index (χ4v) is 5.51. The van der Waals surface area contributed by atoms with Crippen LogP contribution in [0.15, 0.2) is 48.5 Å². The largest absolute Gasteiger partial charge is 0.382 e. The lowest BCUT2D eigenvalue weighted by molar-refractivity contribution is 0.0773. The molecule has 1 atom stereocenters. The van der Waals surface area contributed by atoms with E-state index in [9.17, 15) is 4.79 Å². The van der Waals surface area contributed by atoms with E-state index in [1.54, 1.807) is 0 Å². The van der Waals surface area contributed by atoms with Gasteiger partial charge in [0.05, 0.1) is 6.04 Å². The summed E-state index contributed by atoms with van der Waals surface area (Å²) in [6.07, 6.45) is 7.95. The second-order valence-corrected chi connectivity index (χ2v) is 9.75. The van der Waals surface area contributed by atoms with Gasteiger partial charge in [0.15, 0.2) is 0 Å². The van der Waals surface area contributed by atoms with Gasteiger partial charge in [-0.1, -0.05) is 49.9 Å². The molecule has 0 aromatic heterocycles. The molecule has 5 nitrogen and oxygen atoms in total. The van der Waals surface area contributed by atoms with E-state index in [-0.39, 0.29) is 11.9 Å². The van der Waals surface area contributed by atoms with Crippen LogP contribution in [0, 0.1) is 0 Å². The fraction of sp³-hybridized carbons (Fsp3) is 0.552. The number of hydrogen-bond donors (Lipinski definition) is 2. The smallest absolute Gasteiger partial charge is 0.253 e. The first-order valence-electron chi connectivity index (χ1n) is 13.4. The van der Waals surface area contributed by atoms with Crippen LogP contribution in [0.25, 0.3) is 0 Å². The predicted molar refractivity (Wildman–Crippen MR) is 142 cm³/mol. The predicted octanol–water partition coefficient (Wildman–Crippen LogP) is 5.30. The van der Waals surface area contributed by atoms with Crippen LogP contribution in [0.4, 0.5) is 5.69 Å². The quantitative estimate of drug-likeness (QED) is 0.523. The van der Waals surface area contributed by atoms with Crippen LogP contribution in [0.2, 0.25) is 0 Å². The maximum atomic E-state index is 12.8. The summed E-state index contributed by atoms with van der Waals surface area (Å²) in [5, 5.41) is 7.33. The number of anilines is 1. The molecule has 0 unspecified atom stereocenters. The highest BCUT2D eigenvalue weighted by molar-refractivity contribution is 5.94. The molecule has 2 aromatic carbocycles. The van der Waals surface area contributed by atoms with E-state index >= 15 is 0 Å². The van der Waals surface area contributed by atoms with Crippen LogP contribution in [0.1, 0.15) is 79.9 Å². The molecule has 2 aromatic rings. The van der Waals surface area contributed by atoms with E-state index < -0.39 is 0 Å². The number of rotatable bonds is 8. The van der Waals surface area contributed by atoms with Crippen molar-refractivity contribution in [3.05, 3.63) is 65.2 Å². The summed E-state index contributed by atoms with van der Waals surface area (Å²) in [7, 11) is 0. The summed E-state index contributed by atoms with van der Waals surface area (Å²) in [5.74, 6) is 0.116. The van der Waals surface area contributed by atoms with Gasteiger partial charge in [-0.05, 0) is 62.1 Å². The molecule has 1 aliphatic carbocycles. The van der Waals surface area contributed by atoms with Gasteiger partial charge in [-0.2, -0.15) is 0 Å². The number of amides is 1. The Morgan fingerprint density at radius 1 is 0.971 bits per heavy atom. The number of carbonyl (C=O) groups is 1. The first-order valence-corrected chi connectivity index (χ1v) is 13.4. The van der Waals surface area contributed by atoms with Gasteiger partial charge in [-0.15, -0.1) is 0 Å². The Bertz CT molecular complexity index is 895. The summed E-state index contributed by atoms with van der Waals surface area (Å²) in [5.41, 5.74) is 4.58. The highest BCUT2D eigenvalue weighted by atomic mass is 16.2. The van der Waals surface area contributed by atoms with Crippen LogP contribution < -0.4 is 10.6 Å². The van der Waals surface area contributed by atoms with Crippen LogP contribution >= 0.6 is 0 Å². The van der Waals surface area contributed by atoms with Crippen LogP contribution in [-0.2, 0) is 0 Å². The van der Waals surface area contributed by atoms with Gasteiger partial charge < -0.3 is 15.5 Å². The van der Waals surface area contributed by atoms with E-state index in [4.69, 9.17) is 0 Å². The molecule has 2 fully saturated rings. The Balaban J connectivity index is 1.59. The second kappa shape index (κ2) is 12.4. The summed E-state index contributed by atoms with van der Waals surface area (Å²) in [6, 6.07) is 18.2. The first-order chi connectivity index (χ1) is 16.7. The average molecular weight is 463 g/mol. The van der Waals surface area contributed by atoms with Crippen molar-refractivity contribution < 1.29 is 4.79 Å². The second-order valence-electron chi connectivity index (χ2n) is 9.75. The molecule has 0 spiro atoms. The zero-order valence-corrected chi connectivity index (χ0v) is 21.1. The molecule has 1 amide bonds. The van der Waals surface area contributed by atoms with Crippen molar-refractivity contribution in [1.82, 2.24) is 15.1 Å². The third-order valence-corrected chi connectivity index (χ3v) is 7.47. The molecule has 2 N–H and O–H groups in total. The third kappa shape index (κ3) is 6.19. The zero-order chi connectivity index (χ0) is 23.8. The van der Waals surface area contributed by atoms with Gasteiger partial charge >= 0.3 is 0 Å². The summed E-state index contributed by atoms with van der Waals surface area (Å²) >= 11 is 0. The molecule has 1 aliphatic heterocycles. The number of nitrogens with one attached hydrogen (secondary N) is 2. The number of carbonyl (C=O) groups excluding carboxylic acids is 1. The van der Waals surface area contributed by atoms with Gasteiger partial charge in [-0.3, -0.25) is 9.69 Å². The Hall–Kier alpha value is -2.37. The Kier molecular flexibility index (Phi) is 9.00. The topological polar surface area (TPSA) is 47.6 Å². The lowest BCUT2D eigenvalue weighted by Crippen LogP contribution is -2.45. The molecule has 2 aliphatic rings. The molecular formula is C29H42N4O. The molecule has 1 saturated heterocycles. The minimum absolute atomic E-state index is 0.116. The summed E-state index contributed by atoms with van der Waals surface area (Å²) in [4.78, 5) is 17.3. The van der Waals surface area contributed by atoms with E-state index in [1.165, 1.54) is 55.3 Å². The molecule has 1 saturated carbocycles. The lowest BCUT2D eigenvalue weighted by Gasteiger charge is -2.36. The van der Waals surface area contributed by atoms with Crippen LogP contribution in [-0.4, -0.2) is 61.0 Å². The zero-order valence-electron chi connectivity index (χ0n) is 21.1. The highest BCUT2D eigenvalue weighted by Gasteiger charge is 2.25. The van der Waals surface area contributed by atoms with Gasteiger partial charge in [0.2, 0.25) is 0 Å². The maximum absolute atomic E-state index is 12.8. The van der Waals surface area contributed by atoms with Crippen molar-refractivity contribution in [3.8, 4) is 0 Å².